The molecule has 0 N–H and O–H groups in total. The molecule has 0 radical (unpaired) electrons. The first-order valence-electron chi connectivity index (χ1n) is 9.61. The number of hydrogen-bond acceptors (Lipinski definition) is 1. The number of hydrogen-bond donors (Lipinski definition) is 0. The van der Waals surface area contributed by atoms with Crippen molar-refractivity contribution in [3.8, 4) is 0 Å². The Morgan fingerprint density at radius 3 is 2.00 bits per heavy atom. The van der Waals surface area contributed by atoms with Gasteiger partial charge in [-0.3, -0.25) is 0 Å². The maximum atomic E-state index is 5.93. The highest BCUT2D eigenvalue weighted by atomic mass is 16.5. The second-order valence-corrected chi connectivity index (χ2v) is 7.30. The van der Waals surface area contributed by atoms with Crippen LogP contribution in [0.15, 0.2) is 12.2 Å². The van der Waals surface area contributed by atoms with Crippen molar-refractivity contribution in [3.05, 3.63) is 12.2 Å². The molecule has 0 amide bonds. The van der Waals surface area contributed by atoms with Crippen molar-refractivity contribution in [2.24, 2.45) is 17.8 Å². The van der Waals surface area contributed by atoms with E-state index in [0.717, 1.165) is 30.8 Å². The third-order valence-electron chi connectivity index (χ3n) is 5.62. The van der Waals surface area contributed by atoms with Gasteiger partial charge in [-0.2, -0.15) is 0 Å². The fourth-order valence-electron chi connectivity index (χ4n) is 4.28. The summed E-state index contributed by atoms with van der Waals surface area (Å²) < 4.78 is 5.93. The molecule has 2 fully saturated rings. The summed E-state index contributed by atoms with van der Waals surface area (Å²) in [7, 11) is 0. The summed E-state index contributed by atoms with van der Waals surface area (Å²) in [6.45, 7) is 5.44. The smallest absolute Gasteiger partial charge is 0.0575 e. The molecule has 1 heteroatoms. The largest absolute Gasteiger partial charge is 0.378 e. The molecule has 0 spiro atoms. The number of allylic oxidation sites excluding steroid dienone is 2. The third-order valence-corrected chi connectivity index (χ3v) is 5.62. The number of ether oxygens (including phenoxy) is 1. The molecule has 0 bridgehead atoms. The predicted octanol–water partition coefficient (Wildman–Crippen LogP) is 6.13. The van der Waals surface area contributed by atoms with Gasteiger partial charge in [0.05, 0.1) is 6.10 Å². The monoisotopic (exact) mass is 292 g/mol. The summed E-state index contributed by atoms with van der Waals surface area (Å²) >= 11 is 0. The molecule has 0 aromatic heterocycles. The highest BCUT2D eigenvalue weighted by molar-refractivity contribution is 4.92. The van der Waals surface area contributed by atoms with Crippen LogP contribution in [0.3, 0.4) is 0 Å². The van der Waals surface area contributed by atoms with Crippen molar-refractivity contribution in [1.29, 1.82) is 0 Å². The molecule has 2 saturated carbocycles. The zero-order chi connectivity index (χ0) is 14.9. The standard InChI is InChI=1S/C20H36O/c1-3-5-6-7-17-8-10-18(11-9-17)19-12-14-20(15-13-19)21-16-4-2/h6-7,17-20H,3-5,8-16H2,1-2H3/b7-6+. The highest BCUT2D eigenvalue weighted by Gasteiger charge is 2.30. The number of unbranched alkanes of at least 4 members (excludes halogenated alkanes) is 1. The van der Waals surface area contributed by atoms with Crippen LogP contribution in [-0.2, 0) is 4.74 Å². The lowest BCUT2D eigenvalue weighted by Gasteiger charge is -2.37. The van der Waals surface area contributed by atoms with Crippen molar-refractivity contribution in [3.63, 3.8) is 0 Å². The first kappa shape index (κ1) is 17.1. The van der Waals surface area contributed by atoms with Crippen LogP contribution in [0.4, 0.5) is 0 Å². The van der Waals surface area contributed by atoms with E-state index in [1.165, 1.54) is 64.2 Å². The molecule has 2 rings (SSSR count). The first-order chi connectivity index (χ1) is 10.3. The van der Waals surface area contributed by atoms with E-state index >= 15 is 0 Å². The van der Waals surface area contributed by atoms with E-state index in [0.29, 0.717) is 6.10 Å². The van der Waals surface area contributed by atoms with Crippen molar-refractivity contribution < 1.29 is 4.74 Å². The fraction of sp³-hybridized carbons (Fsp3) is 0.900. The molecule has 2 aliphatic rings. The Morgan fingerprint density at radius 1 is 0.810 bits per heavy atom. The maximum Gasteiger partial charge on any atom is 0.0575 e. The van der Waals surface area contributed by atoms with E-state index in [1.807, 2.05) is 0 Å². The van der Waals surface area contributed by atoms with Gasteiger partial charge in [-0.15, -0.1) is 0 Å². The fourth-order valence-corrected chi connectivity index (χ4v) is 4.28. The van der Waals surface area contributed by atoms with Crippen LogP contribution in [0.25, 0.3) is 0 Å². The SMILES string of the molecule is CCC/C=C/C1CCC(C2CCC(OCCC)CC2)CC1. The third kappa shape index (κ3) is 5.77. The van der Waals surface area contributed by atoms with Gasteiger partial charge in [-0.05, 0) is 82.0 Å². The average molecular weight is 293 g/mol. The lowest BCUT2D eigenvalue weighted by Crippen LogP contribution is -2.28. The van der Waals surface area contributed by atoms with E-state index in [1.54, 1.807) is 0 Å². The Bertz CT molecular complexity index is 280. The summed E-state index contributed by atoms with van der Waals surface area (Å²) in [6.07, 6.45) is 20.6. The molecule has 0 aromatic rings. The molecule has 0 saturated heterocycles. The Hall–Kier alpha value is -0.300. The molecule has 0 heterocycles. The topological polar surface area (TPSA) is 9.23 Å². The van der Waals surface area contributed by atoms with Crippen LogP contribution >= 0.6 is 0 Å². The lowest BCUT2D eigenvalue weighted by molar-refractivity contribution is 0.00796. The molecular weight excluding hydrogens is 256 g/mol. The van der Waals surface area contributed by atoms with E-state index in [-0.39, 0.29) is 0 Å². The zero-order valence-electron chi connectivity index (χ0n) is 14.4. The minimum absolute atomic E-state index is 0.578. The molecular formula is C20H36O. The summed E-state index contributed by atoms with van der Waals surface area (Å²) in [5.41, 5.74) is 0. The maximum absolute atomic E-state index is 5.93. The summed E-state index contributed by atoms with van der Waals surface area (Å²) in [4.78, 5) is 0. The Balaban J connectivity index is 1.64. The molecule has 21 heavy (non-hydrogen) atoms. The van der Waals surface area contributed by atoms with E-state index in [9.17, 15) is 0 Å². The molecule has 0 aliphatic heterocycles. The van der Waals surface area contributed by atoms with Gasteiger partial charge in [-0.25, -0.2) is 0 Å². The Labute approximate surface area is 132 Å². The predicted molar refractivity (Wildman–Crippen MR) is 91.5 cm³/mol. The second kappa shape index (κ2) is 9.66. The van der Waals surface area contributed by atoms with E-state index < -0.39 is 0 Å². The average Bonchev–Trinajstić information content (AvgIpc) is 2.54. The van der Waals surface area contributed by atoms with Crippen LogP contribution in [-0.4, -0.2) is 12.7 Å². The normalized spacial score (nSPS) is 34.4. The van der Waals surface area contributed by atoms with E-state index in [4.69, 9.17) is 4.74 Å². The first-order valence-corrected chi connectivity index (χ1v) is 9.61. The van der Waals surface area contributed by atoms with Crippen molar-refractivity contribution in [1.82, 2.24) is 0 Å². The molecule has 0 unspecified atom stereocenters. The molecule has 2 aliphatic carbocycles. The quantitative estimate of drug-likeness (QED) is 0.512. The molecule has 0 aromatic carbocycles. The van der Waals surface area contributed by atoms with Crippen LogP contribution in [0.1, 0.15) is 84.5 Å². The molecule has 122 valence electrons. The van der Waals surface area contributed by atoms with Crippen molar-refractivity contribution in [2.45, 2.75) is 90.6 Å². The summed E-state index contributed by atoms with van der Waals surface area (Å²) in [5.74, 6) is 2.91. The zero-order valence-corrected chi connectivity index (χ0v) is 14.4. The van der Waals surface area contributed by atoms with Gasteiger partial charge in [0.1, 0.15) is 0 Å². The Morgan fingerprint density at radius 2 is 1.43 bits per heavy atom. The minimum atomic E-state index is 0.578. The van der Waals surface area contributed by atoms with Crippen LogP contribution < -0.4 is 0 Å². The van der Waals surface area contributed by atoms with Gasteiger partial charge in [0.2, 0.25) is 0 Å². The summed E-state index contributed by atoms with van der Waals surface area (Å²) in [6, 6.07) is 0. The van der Waals surface area contributed by atoms with Gasteiger partial charge in [0.25, 0.3) is 0 Å². The van der Waals surface area contributed by atoms with Gasteiger partial charge < -0.3 is 4.74 Å². The van der Waals surface area contributed by atoms with Gasteiger partial charge >= 0.3 is 0 Å². The second-order valence-electron chi connectivity index (χ2n) is 7.30. The van der Waals surface area contributed by atoms with Gasteiger partial charge in [-0.1, -0.05) is 32.4 Å². The van der Waals surface area contributed by atoms with Gasteiger partial charge in [0, 0.05) is 6.61 Å². The van der Waals surface area contributed by atoms with Crippen LogP contribution in [0.2, 0.25) is 0 Å². The Kier molecular flexibility index (Phi) is 7.85. The van der Waals surface area contributed by atoms with Crippen LogP contribution in [0.5, 0.6) is 0 Å². The van der Waals surface area contributed by atoms with Crippen LogP contribution in [0, 0.1) is 17.8 Å². The van der Waals surface area contributed by atoms with Crippen molar-refractivity contribution in [2.75, 3.05) is 6.61 Å². The van der Waals surface area contributed by atoms with Gasteiger partial charge in [0.15, 0.2) is 0 Å². The minimum Gasteiger partial charge on any atom is -0.378 e. The highest BCUT2D eigenvalue weighted by Crippen LogP contribution is 2.40. The summed E-state index contributed by atoms with van der Waals surface area (Å²) in [5, 5.41) is 0. The van der Waals surface area contributed by atoms with E-state index in [2.05, 4.69) is 26.0 Å². The lowest BCUT2D eigenvalue weighted by atomic mass is 9.70. The van der Waals surface area contributed by atoms with Crippen molar-refractivity contribution >= 4 is 0 Å². The molecule has 1 nitrogen and oxygen atoms in total. The number of rotatable bonds is 7. The molecule has 0 atom stereocenters.